The monoisotopic (exact) mass is 274 g/mol. The fourth-order valence-electron chi connectivity index (χ4n) is 1.87. The van der Waals surface area contributed by atoms with Crippen LogP contribution in [-0.2, 0) is 0 Å². The molecule has 19 heavy (non-hydrogen) atoms. The quantitative estimate of drug-likeness (QED) is 0.725. The average Bonchev–Trinajstić information content (AvgIpc) is 2.84. The molecule has 3 aromatic rings. The van der Waals surface area contributed by atoms with Gasteiger partial charge < -0.3 is 10.5 Å². The highest BCUT2D eigenvalue weighted by Crippen LogP contribution is 2.35. The predicted octanol–water partition coefficient (Wildman–Crippen LogP) is 3.69. The number of ether oxygens (including phenoxy) is 1. The molecular formula is C14H11FN2OS. The van der Waals surface area contributed by atoms with Crippen molar-refractivity contribution >= 4 is 27.2 Å². The summed E-state index contributed by atoms with van der Waals surface area (Å²) in [5, 5.41) is 0.709. The van der Waals surface area contributed by atoms with Crippen LogP contribution in [0.15, 0.2) is 36.4 Å². The number of nitrogens with two attached hydrogens (primary N) is 1. The van der Waals surface area contributed by atoms with Crippen LogP contribution in [0.3, 0.4) is 0 Å². The van der Waals surface area contributed by atoms with Gasteiger partial charge in [0.2, 0.25) is 0 Å². The molecule has 0 unspecified atom stereocenters. The number of methoxy groups -OCH3 is 1. The van der Waals surface area contributed by atoms with E-state index in [1.807, 2.05) is 18.2 Å². The van der Waals surface area contributed by atoms with Gasteiger partial charge in [-0.2, -0.15) is 0 Å². The van der Waals surface area contributed by atoms with Crippen molar-refractivity contribution in [1.82, 2.24) is 4.98 Å². The first-order valence-corrected chi connectivity index (χ1v) is 6.49. The van der Waals surface area contributed by atoms with Crippen molar-refractivity contribution in [2.45, 2.75) is 0 Å². The standard InChI is InChI=1S/C14H11FN2OS/c1-18-8-5-6-11-12(7-8)19-14(17-11)9-3-2-4-10(15)13(9)16/h2-7H,16H2,1H3. The molecule has 96 valence electrons. The Kier molecular flexibility index (Phi) is 2.83. The fourth-order valence-corrected chi connectivity index (χ4v) is 2.90. The number of halogens is 1. The highest BCUT2D eigenvalue weighted by Gasteiger charge is 2.12. The van der Waals surface area contributed by atoms with E-state index in [4.69, 9.17) is 10.5 Å². The van der Waals surface area contributed by atoms with Crippen molar-refractivity contribution < 1.29 is 9.13 Å². The van der Waals surface area contributed by atoms with Crippen LogP contribution in [0.2, 0.25) is 0 Å². The minimum Gasteiger partial charge on any atom is -0.497 e. The normalized spacial score (nSPS) is 10.8. The smallest absolute Gasteiger partial charge is 0.146 e. The average molecular weight is 274 g/mol. The van der Waals surface area contributed by atoms with Crippen LogP contribution in [0.25, 0.3) is 20.8 Å². The lowest BCUT2D eigenvalue weighted by Gasteiger charge is -2.01. The molecule has 0 aliphatic rings. The zero-order valence-corrected chi connectivity index (χ0v) is 11.0. The Bertz CT molecular complexity index is 754. The highest BCUT2D eigenvalue weighted by atomic mass is 32.1. The topological polar surface area (TPSA) is 48.1 Å². The second-order valence-corrected chi connectivity index (χ2v) is 5.08. The summed E-state index contributed by atoms with van der Waals surface area (Å²) in [4.78, 5) is 4.48. The molecule has 2 N–H and O–H groups in total. The van der Waals surface area contributed by atoms with Crippen LogP contribution in [-0.4, -0.2) is 12.1 Å². The van der Waals surface area contributed by atoms with Crippen molar-refractivity contribution in [1.29, 1.82) is 0 Å². The number of hydrogen-bond acceptors (Lipinski definition) is 4. The van der Waals surface area contributed by atoms with Crippen LogP contribution in [0.1, 0.15) is 0 Å². The minimum atomic E-state index is -0.422. The lowest BCUT2D eigenvalue weighted by Crippen LogP contribution is -1.93. The van der Waals surface area contributed by atoms with Gasteiger partial charge in [0.05, 0.1) is 23.0 Å². The number of nitrogen functional groups attached to an aromatic ring is 1. The van der Waals surface area contributed by atoms with E-state index in [2.05, 4.69) is 4.98 Å². The van der Waals surface area contributed by atoms with E-state index in [1.165, 1.54) is 17.4 Å². The lowest BCUT2D eigenvalue weighted by atomic mass is 10.2. The molecule has 0 radical (unpaired) electrons. The number of anilines is 1. The van der Waals surface area contributed by atoms with Crippen LogP contribution in [0.4, 0.5) is 10.1 Å². The molecule has 1 heterocycles. The molecule has 5 heteroatoms. The summed E-state index contributed by atoms with van der Waals surface area (Å²) < 4.78 is 19.6. The van der Waals surface area contributed by atoms with Crippen molar-refractivity contribution in [3.8, 4) is 16.3 Å². The number of benzene rings is 2. The van der Waals surface area contributed by atoms with E-state index in [9.17, 15) is 4.39 Å². The van der Waals surface area contributed by atoms with E-state index in [0.29, 0.717) is 10.6 Å². The Morgan fingerprint density at radius 2 is 2.11 bits per heavy atom. The number of aromatic nitrogens is 1. The summed E-state index contributed by atoms with van der Waals surface area (Å²) in [7, 11) is 1.62. The third-order valence-corrected chi connectivity index (χ3v) is 3.93. The molecular weight excluding hydrogens is 263 g/mol. The third kappa shape index (κ3) is 2.02. The first-order valence-electron chi connectivity index (χ1n) is 5.68. The summed E-state index contributed by atoms with van der Waals surface area (Å²) in [5.41, 5.74) is 7.37. The van der Waals surface area contributed by atoms with Crippen molar-refractivity contribution in [3.63, 3.8) is 0 Å². The van der Waals surface area contributed by atoms with Crippen LogP contribution < -0.4 is 10.5 Å². The molecule has 0 aliphatic carbocycles. The van der Waals surface area contributed by atoms with Gasteiger partial charge in [0.1, 0.15) is 16.6 Å². The number of para-hydroxylation sites is 1. The number of fused-ring (bicyclic) bond motifs is 1. The van der Waals surface area contributed by atoms with Crippen LogP contribution in [0.5, 0.6) is 5.75 Å². The van der Waals surface area contributed by atoms with Crippen LogP contribution >= 0.6 is 11.3 Å². The summed E-state index contributed by atoms with van der Waals surface area (Å²) in [5.74, 6) is 0.351. The van der Waals surface area contributed by atoms with Gasteiger partial charge in [-0.05, 0) is 30.3 Å². The maximum atomic E-state index is 13.5. The number of hydrogen-bond donors (Lipinski definition) is 1. The Hall–Kier alpha value is -2.14. The highest BCUT2D eigenvalue weighted by molar-refractivity contribution is 7.21. The molecule has 0 fully saturated rings. The molecule has 0 atom stereocenters. The lowest BCUT2D eigenvalue weighted by molar-refractivity contribution is 0.415. The number of rotatable bonds is 2. The van der Waals surface area contributed by atoms with Gasteiger partial charge in [-0.3, -0.25) is 0 Å². The maximum Gasteiger partial charge on any atom is 0.146 e. The van der Waals surface area contributed by atoms with Gasteiger partial charge in [0, 0.05) is 5.56 Å². The minimum absolute atomic E-state index is 0.133. The third-order valence-electron chi connectivity index (χ3n) is 2.88. The van der Waals surface area contributed by atoms with Gasteiger partial charge in [0.25, 0.3) is 0 Å². The van der Waals surface area contributed by atoms with E-state index < -0.39 is 5.82 Å². The Labute approximate surface area is 113 Å². The fraction of sp³-hybridized carbons (Fsp3) is 0.0714. The molecule has 1 aromatic heterocycles. The van der Waals surface area contributed by atoms with Gasteiger partial charge in [-0.25, -0.2) is 9.37 Å². The summed E-state index contributed by atoms with van der Waals surface area (Å²) >= 11 is 1.46. The van der Waals surface area contributed by atoms with Gasteiger partial charge >= 0.3 is 0 Å². The zero-order valence-electron chi connectivity index (χ0n) is 10.2. The molecule has 0 amide bonds. The molecule has 2 aromatic carbocycles. The molecule has 0 saturated carbocycles. The van der Waals surface area contributed by atoms with Crippen LogP contribution in [0, 0.1) is 5.82 Å². The summed E-state index contributed by atoms with van der Waals surface area (Å²) in [6, 6.07) is 10.4. The molecule has 3 nitrogen and oxygen atoms in total. The van der Waals surface area contributed by atoms with E-state index in [1.54, 1.807) is 19.2 Å². The molecule has 0 saturated heterocycles. The molecule has 0 spiro atoms. The SMILES string of the molecule is COc1ccc2nc(-c3cccc(F)c3N)sc2c1. The van der Waals surface area contributed by atoms with Gasteiger partial charge in [-0.1, -0.05) is 6.07 Å². The number of thiazole rings is 1. The van der Waals surface area contributed by atoms with E-state index in [-0.39, 0.29) is 5.69 Å². The van der Waals surface area contributed by atoms with Gasteiger partial charge in [-0.15, -0.1) is 11.3 Å². The van der Waals surface area contributed by atoms with E-state index in [0.717, 1.165) is 16.0 Å². The Morgan fingerprint density at radius 1 is 1.26 bits per heavy atom. The largest absolute Gasteiger partial charge is 0.497 e. The Morgan fingerprint density at radius 3 is 2.89 bits per heavy atom. The zero-order chi connectivity index (χ0) is 13.4. The maximum absolute atomic E-state index is 13.5. The molecule has 3 rings (SSSR count). The Balaban J connectivity index is 2.18. The first kappa shape index (κ1) is 11.9. The second kappa shape index (κ2) is 4.51. The van der Waals surface area contributed by atoms with Crippen molar-refractivity contribution in [2.24, 2.45) is 0 Å². The number of nitrogens with zero attached hydrogens (tertiary/aromatic N) is 1. The van der Waals surface area contributed by atoms with Crippen molar-refractivity contribution in [2.75, 3.05) is 12.8 Å². The van der Waals surface area contributed by atoms with E-state index >= 15 is 0 Å². The molecule has 0 bridgehead atoms. The predicted molar refractivity (Wildman–Crippen MR) is 76.0 cm³/mol. The molecule has 0 aliphatic heterocycles. The second-order valence-electron chi connectivity index (χ2n) is 4.05. The first-order chi connectivity index (χ1) is 9.19. The summed E-state index contributed by atoms with van der Waals surface area (Å²) in [6.07, 6.45) is 0. The van der Waals surface area contributed by atoms with Gasteiger partial charge in [0.15, 0.2) is 0 Å². The van der Waals surface area contributed by atoms with Crippen molar-refractivity contribution in [3.05, 3.63) is 42.2 Å². The summed E-state index contributed by atoms with van der Waals surface area (Å²) in [6.45, 7) is 0.